The molecule has 0 saturated carbocycles. The van der Waals surface area contributed by atoms with Crippen LogP contribution in [0.3, 0.4) is 0 Å². The molecule has 2 rings (SSSR count). The van der Waals surface area contributed by atoms with E-state index in [4.69, 9.17) is 0 Å². The molecule has 0 aliphatic heterocycles. The number of amides is 1. The van der Waals surface area contributed by atoms with E-state index < -0.39 is 0 Å². The number of allylic oxidation sites excluding steroid dienone is 1. The molecule has 118 valence electrons. The normalized spacial score (nSPS) is 11.2. The third-order valence-corrected chi connectivity index (χ3v) is 3.42. The van der Waals surface area contributed by atoms with E-state index in [0.29, 0.717) is 11.4 Å². The van der Waals surface area contributed by atoms with Crippen LogP contribution in [0.4, 0.5) is 0 Å². The van der Waals surface area contributed by atoms with E-state index in [1.165, 1.54) is 4.90 Å². The van der Waals surface area contributed by atoms with Crippen LogP contribution in [0.25, 0.3) is 11.1 Å². The lowest BCUT2D eigenvalue weighted by Crippen LogP contribution is -2.31. The number of rotatable bonds is 4. The number of nitrogens with zero attached hydrogens (tertiary/aromatic N) is 3. The molecule has 0 fully saturated rings. The molecule has 0 saturated heterocycles. The summed E-state index contributed by atoms with van der Waals surface area (Å²) in [6.07, 6.45) is 3.51. The molecular weight excluding hydrogens is 286 g/mol. The molecular formula is C19H21N3O. The Labute approximate surface area is 137 Å². The van der Waals surface area contributed by atoms with Crippen LogP contribution in [0.1, 0.15) is 18.1 Å². The third-order valence-electron chi connectivity index (χ3n) is 3.42. The molecule has 0 aliphatic rings. The van der Waals surface area contributed by atoms with Crippen LogP contribution in [-0.2, 0) is 4.79 Å². The van der Waals surface area contributed by atoms with E-state index in [0.717, 1.165) is 22.3 Å². The first-order valence-corrected chi connectivity index (χ1v) is 7.37. The van der Waals surface area contributed by atoms with Gasteiger partial charge in [-0.2, -0.15) is 0 Å². The van der Waals surface area contributed by atoms with Gasteiger partial charge in [-0.3, -0.25) is 9.78 Å². The predicted octanol–water partition coefficient (Wildman–Crippen LogP) is 3.47. The third kappa shape index (κ3) is 3.92. The number of carbonyl (C=O) groups is 1. The fourth-order valence-electron chi connectivity index (χ4n) is 2.23. The number of carbonyl (C=O) groups excluding carboxylic acids is 1. The van der Waals surface area contributed by atoms with Crippen LogP contribution < -0.4 is 0 Å². The molecule has 4 nitrogen and oxygen atoms in total. The summed E-state index contributed by atoms with van der Waals surface area (Å²) in [6, 6.07) is 9.91. The molecule has 0 spiro atoms. The Morgan fingerprint density at radius 1 is 1.13 bits per heavy atom. The summed E-state index contributed by atoms with van der Waals surface area (Å²) < 4.78 is 0. The maximum Gasteiger partial charge on any atom is 0.272 e. The summed E-state index contributed by atoms with van der Waals surface area (Å²) in [5.41, 5.74) is 4.90. The van der Waals surface area contributed by atoms with Gasteiger partial charge in [0.2, 0.25) is 0 Å². The van der Waals surface area contributed by atoms with Crippen molar-refractivity contribution in [3.8, 4) is 11.1 Å². The van der Waals surface area contributed by atoms with E-state index >= 15 is 0 Å². The van der Waals surface area contributed by atoms with Crippen molar-refractivity contribution in [3.05, 3.63) is 66.1 Å². The first-order valence-electron chi connectivity index (χ1n) is 7.37. The van der Waals surface area contributed by atoms with Gasteiger partial charge >= 0.3 is 0 Å². The van der Waals surface area contributed by atoms with Gasteiger partial charge < -0.3 is 4.90 Å². The highest BCUT2D eigenvalue weighted by Crippen LogP contribution is 2.23. The van der Waals surface area contributed by atoms with Gasteiger partial charge in [0.1, 0.15) is 5.71 Å². The number of pyridine rings is 1. The Balaban J connectivity index is 2.60. The van der Waals surface area contributed by atoms with Crippen molar-refractivity contribution >= 4 is 11.6 Å². The quantitative estimate of drug-likeness (QED) is 0.812. The largest absolute Gasteiger partial charge is 0.343 e. The van der Waals surface area contributed by atoms with Crippen molar-refractivity contribution in [2.75, 3.05) is 14.1 Å². The second kappa shape index (κ2) is 7.01. The molecule has 1 amide bonds. The standard InChI is InChI=1S/C19H21N3O/c1-13(2)21-18(19(23)22(4)5)17-12-16(7-6-14(17)3)15-8-10-20-11-9-15/h6-12H,1H2,2-5H3. The minimum absolute atomic E-state index is 0.136. The zero-order valence-electron chi connectivity index (χ0n) is 14.0. The monoisotopic (exact) mass is 307 g/mol. The fourth-order valence-corrected chi connectivity index (χ4v) is 2.23. The number of aryl methyl sites for hydroxylation is 1. The lowest BCUT2D eigenvalue weighted by Gasteiger charge is -2.16. The molecule has 0 N–H and O–H groups in total. The number of hydrogen-bond acceptors (Lipinski definition) is 3. The average molecular weight is 307 g/mol. The highest BCUT2D eigenvalue weighted by Gasteiger charge is 2.18. The molecule has 2 aromatic rings. The maximum atomic E-state index is 12.5. The average Bonchev–Trinajstić information content (AvgIpc) is 2.53. The fraction of sp³-hybridized carbons (Fsp3) is 0.211. The number of aliphatic imine (C=N–C) groups is 1. The van der Waals surface area contributed by atoms with Gasteiger partial charge in [0, 0.05) is 37.7 Å². The highest BCUT2D eigenvalue weighted by atomic mass is 16.2. The maximum absolute atomic E-state index is 12.5. The first-order chi connectivity index (χ1) is 10.9. The summed E-state index contributed by atoms with van der Waals surface area (Å²) in [7, 11) is 3.44. The van der Waals surface area contributed by atoms with E-state index in [9.17, 15) is 4.79 Å². The van der Waals surface area contributed by atoms with E-state index in [1.807, 2.05) is 37.3 Å². The SMILES string of the molecule is C=C(C)N=C(C(=O)N(C)C)c1cc(-c2ccncc2)ccc1C. The molecule has 1 aromatic carbocycles. The van der Waals surface area contributed by atoms with Crippen molar-refractivity contribution in [2.24, 2.45) is 4.99 Å². The molecule has 0 radical (unpaired) electrons. The van der Waals surface area contributed by atoms with E-state index in [2.05, 4.69) is 16.6 Å². The Bertz CT molecular complexity index is 761. The van der Waals surface area contributed by atoms with Gasteiger partial charge in [-0.05, 0) is 48.7 Å². The van der Waals surface area contributed by atoms with Crippen molar-refractivity contribution in [2.45, 2.75) is 13.8 Å². The van der Waals surface area contributed by atoms with E-state index in [1.54, 1.807) is 33.4 Å². The minimum Gasteiger partial charge on any atom is -0.343 e. The molecule has 0 atom stereocenters. The Morgan fingerprint density at radius 3 is 2.35 bits per heavy atom. The second-order valence-corrected chi connectivity index (χ2v) is 5.66. The van der Waals surface area contributed by atoms with Gasteiger partial charge in [-0.25, -0.2) is 4.99 Å². The van der Waals surface area contributed by atoms with Gasteiger partial charge in [-0.15, -0.1) is 0 Å². The topological polar surface area (TPSA) is 45.6 Å². The van der Waals surface area contributed by atoms with Crippen LogP contribution in [0, 0.1) is 6.92 Å². The molecule has 0 bridgehead atoms. The Kier molecular flexibility index (Phi) is 5.06. The number of likely N-dealkylation sites (N-methyl/N-ethyl adjacent to an activating group) is 1. The van der Waals surface area contributed by atoms with Gasteiger partial charge in [0.15, 0.2) is 0 Å². The van der Waals surface area contributed by atoms with Gasteiger partial charge in [0.05, 0.1) is 0 Å². The van der Waals surface area contributed by atoms with Crippen LogP contribution in [-0.4, -0.2) is 35.6 Å². The minimum atomic E-state index is -0.136. The first kappa shape index (κ1) is 16.6. The molecule has 1 heterocycles. The van der Waals surface area contributed by atoms with Gasteiger partial charge in [0.25, 0.3) is 5.91 Å². The van der Waals surface area contributed by atoms with Crippen LogP contribution in [0.2, 0.25) is 0 Å². The summed E-state index contributed by atoms with van der Waals surface area (Å²) in [6.45, 7) is 7.56. The lowest BCUT2D eigenvalue weighted by molar-refractivity contribution is -0.121. The zero-order chi connectivity index (χ0) is 17.0. The zero-order valence-corrected chi connectivity index (χ0v) is 14.0. The summed E-state index contributed by atoms with van der Waals surface area (Å²) >= 11 is 0. The molecule has 23 heavy (non-hydrogen) atoms. The lowest BCUT2D eigenvalue weighted by atomic mass is 9.97. The smallest absolute Gasteiger partial charge is 0.272 e. The summed E-state index contributed by atoms with van der Waals surface area (Å²) in [5.74, 6) is -0.136. The number of benzene rings is 1. The van der Waals surface area contributed by atoms with Crippen LogP contribution in [0.15, 0.2) is 60.0 Å². The van der Waals surface area contributed by atoms with Gasteiger partial charge in [-0.1, -0.05) is 18.7 Å². The highest BCUT2D eigenvalue weighted by molar-refractivity contribution is 6.45. The summed E-state index contributed by atoms with van der Waals surface area (Å²) in [5, 5.41) is 0. The Morgan fingerprint density at radius 2 is 1.78 bits per heavy atom. The Hall–Kier alpha value is -2.75. The van der Waals surface area contributed by atoms with Crippen molar-refractivity contribution in [3.63, 3.8) is 0 Å². The van der Waals surface area contributed by atoms with Crippen LogP contribution in [0.5, 0.6) is 0 Å². The molecule has 1 aromatic heterocycles. The number of aromatic nitrogens is 1. The predicted molar refractivity (Wildman–Crippen MR) is 94.5 cm³/mol. The second-order valence-electron chi connectivity index (χ2n) is 5.66. The van der Waals surface area contributed by atoms with Crippen molar-refractivity contribution < 1.29 is 4.79 Å². The van der Waals surface area contributed by atoms with E-state index in [-0.39, 0.29) is 5.91 Å². The van der Waals surface area contributed by atoms with Crippen LogP contribution >= 0.6 is 0 Å². The van der Waals surface area contributed by atoms with Crippen molar-refractivity contribution in [1.29, 1.82) is 0 Å². The molecule has 4 heteroatoms. The molecule has 0 aliphatic carbocycles. The summed E-state index contributed by atoms with van der Waals surface area (Å²) in [4.78, 5) is 22.5. The molecule has 0 unspecified atom stereocenters. The van der Waals surface area contributed by atoms with Crippen molar-refractivity contribution in [1.82, 2.24) is 9.88 Å². The number of hydrogen-bond donors (Lipinski definition) is 0.